The molecular formula is C25H33ClF3N5O5S. The third-order valence-corrected chi connectivity index (χ3v) is 9.67. The molecule has 3 rings (SSSR count). The Labute approximate surface area is 235 Å². The minimum Gasteiger partial charge on any atom is -0.496 e. The number of halogens is 4. The van der Waals surface area contributed by atoms with Crippen molar-refractivity contribution in [3.8, 4) is 17.0 Å². The van der Waals surface area contributed by atoms with Gasteiger partial charge in [0.1, 0.15) is 21.6 Å². The van der Waals surface area contributed by atoms with Gasteiger partial charge in [-0.3, -0.25) is 14.3 Å². The Hall–Kier alpha value is -3.00. The smallest absolute Gasteiger partial charge is 0.408 e. The first-order chi connectivity index (χ1) is 18.5. The zero-order valence-corrected chi connectivity index (χ0v) is 24.2. The highest BCUT2D eigenvalue weighted by molar-refractivity contribution is 7.91. The van der Waals surface area contributed by atoms with Crippen LogP contribution in [0.2, 0.25) is 5.02 Å². The average molecular weight is 608 g/mol. The molecule has 4 N–H and O–H groups in total. The molecule has 1 aromatic carbocycles. The van der Waals surface area contributed by atoms with E-state index < -0.39 is 44.5 Å². The standard InChI is InChI=1S/C25H33ClF3N5O5S/c1-5-34-21(19(26)20(32-34)22(30)35)17-7-6-15(12-18(17)39-3)33(14(2)25(27,28)29)13-24(23(31)36)10-8-16(9-11-24)40(4,37)38/h6-7,12,14,16H,5,8-11,13H2,1-4H3,(H2,30,35)(H2,31,36)/t14-,16?,24?/m1/s1. The number of rotatable bonds is 10. The zero-order chi connectivity index (χ0) is 30.2. The second-order valence-corrected chi connectivity index (χ2v) is 12.8. The van der Waals surface area contributed by atoms with Gasteiger partial charge in [0.15, 0.2) is 5.69 Å². The molecule has 1 saturated carbocycles. The molecule has 15 heteroatoms. The minimum absolute atomic E-state index is 0.0253. The number of aromatic nitrogens is 2. The van der Waals surface area contributed by atoms with Crippen LogP contribution in [0.5, 0.6) is 5.75 Å². The van der Waals surface area contributed by atoms with Crippen molar-refractivity contribution >= 4 is 38.9 Å². The van der Waals surface area contributed by atoms with Crippen molar-refractivity contribution in [2.45, 2.75) is 63.5 Å². The zero-order valence-electron chi connectivity index (χ0n) is 22.6. The normalized spacial score (nSPS) is 20.6. The summed E-state index contributed by atoms with van der Waals surface area (Å²) in [7, 11) is -2.06. The number of nitrogens with two attached hydrogens (primary N) is 2. The van der Waals surface area contributed by atoms with Crippen LogP contribution < -0.4 is 21.1 Å². The monoisotopic (exact) mass is 607 g/mol. The predicted molar refractivity (Wildman–Crippen MR) is 145 cm³/mol. The van der Waals surface area contributed by atoms with Gasteiger partial charge in [-0.1, -0.05) is 11.6 Å². The molecule has 1 aliphatic carbocycles. The molecule has 0 unspecified atom stereocenters. The number of methoxy groups -OCH3 is 1. The van der Waals surface area contributed by atoms with E-state index in [1.54, 1.807) is 6.92 Å². The van der Waals surface area contributed by atoms with Gasteiger partial charge in [-0.25, -0.2) is 8.42 Å². The molecule has 0 spiro atoms. The van der Waals surface area contributed by atoms with Crippen molar-refractivity contribution in [3.63, 3.8) is 0 Å². The van der Waals surface area contributed by atoms with Crippen LogP contribution >= 0.6 is 11.6 Å². The lowest BCUT2D eigenvalue weighted by atomic mass is 9.72. The number of sulfone groups is 1. The summed E-state index contributed by atoms with van der Waals surface area (Å²) in [5.74, 6) is -1.50. The molecule has 1 aliphatic rings. The summed E-state index contributed by atoms with van der Waals surface area (Å²) < 4.78 is 73.3. The van der Waals surface area contributed by atoms with Crippen molar-refractivity contribution in [2.24, 2.45) is 16.9 Å². The summed E-state index contributed by atoms with van der Waals surface area (Å²) in [5.41, 5.74) is 10.3. The van der Waals surface area contributed by atoms with Gasteiger partial charge in [0.05, 0.1) is 28.5 Å². The van der Waals surface area contributed by atoms with Crippen molar-refractivity contribution in [3.05, 3.63) is 28.9 Å². The molecule has 1 atom stereocenters. The lowest BCUT2D eigenvalue weighted by Crippen LogP contribution is -2.54. The van der Waals surface area contributed by atoms with E-state index in [0.29, 0.717) is 17.8 Å². The Balaban J connectivity index is 2.11. The SMILES string of the molecule is CCn1nc(C(N)=O)c(Cl)c1-c1ccc(N(CC2(C(N)=O)CCC(S(C)(=O)=O)CC2)[C@H](C)C(F)(F)F)cc1OC. The number of benzene rings is 1. The highest BCUT2D eigenvalue weighted by atomic mass is 35.5. The molecule has 0 bridgehead atoms. The molecule has 2 amide bonds. The van der Waals surface area contributed by atoms with E-state index in [0.717, 1.165) is 18.1 Å². The highest BCUT2D eigenvalue weighted by Gasteiger charge is 2.48. The number of aryl methyl sites for hydroxylation is 1. The molecule has 0 aliphatic heterocycles. The van der Waals surface area contributed by atoms with Crippen LogP contribution in [0.3, 0.4) is 0 Å². The molecule has 2 aromatic rings. The second-order valence-electron chi connectivity index (χ2n) is 10.1. The number of carbonyl (C=O) groups is 2. The molecule has 222 valence electrons. The summed E-state index contributed by atoms with van der Waals surface area (Å²) in [6, 6.07) is 2.26. The number of nitrogens with zero attached hydrogens (tertiary/aromatic N) is 3. The highest BCUT2D eigenvalue weighted by Crippen LogP contribution is 2.44. The van der Waals surface area contributed by atoms with Gasteiger partial charge in [0.25, 0.3) is 5.91 Å². The number of primary amides is 2. The minimum atomic E-state index is -4.67. The molecule has 1 heterocycles. The molecule has 1 fully saturated rings. The molecule has 40 heavy (non-hydrogen) atoms. The first kappa shape index (κ1) is 31.5. The lowest BCUT2D eigenvalue weighted by molar-refractivity contribution is -0.147. The van der Waals surface area contributed by atoms with Gasteiger partial charge < -0.3 is 21.1 Å². The summed E-state index contributed by atoms with van der Waals surface area (Å²) in [4.78, 5) is 25.5. The van der Waals surface area contributed by atoms with E-state index in [2.05, 4.69) is 5.10 Å². The van der Waals surface area contributed by atoms with Gasteiger partial charge >= 0.3 is 6.18 Å². The van der Waals surface area contributed by atoms with Crippen LogP contribution in [-0.4, -0.2) is 67.4 Å². The quantitative estimate of drug-likeness (QED) is 0.419. The third kappa shape index (κ3) is 6.17. The first-order valence-corrected chi connectivity index (χ1v) is 14.9. The van der Waals surface area contributed by atoms with Gasteiger partial charge in [0.2, 0.25) is 5.91 Å². The molecular weight excluding hydrogens is 575 g/mol. The number of alkyl halides is 3. The fourth-order valence-electron chi connectivity index (χ4n) is 5.15. The van der Waals surface area contributed by atoms with Crippen molar-refractivity contribution in [1.29, 1.82) is 0 Å². The van der Waals surface area contributed by atoms with Crippen LogP contribution in [0.4, 0.5) is 18.9 Å². The Morgan fingerprint density at radius 2 is 1.88 bits per heavy atom. The van der Waals surface area contributed by atoms with Gasteiger partial charge in [-0.15, -0.1) is 0 Å². The van der Waals surface area contributed by atoms with E-state index in [-0.39, 0.29) is 54.4 Å². The van der Waals surface area contributed by atoms with E-state index >= 15 is 0 Å². The topological polar surface area (TPSA) is 151 Å². The number of anilines is 1. The Kier molecular flexibility index (Phi) is 9.04. The lowest BCUT2D eigenvalue weighted by Gasteiger charge is -2.43. The summed E-state index contributed by atoms with van der Waals surface area (Å²) >= 11 is 6.41. The van der Waals surface area contributed by atoms with Crippen molar-refractivity contribution in [1.82, 2.24) is 9.78 Å². The van der Waals surface area contributed by atoms with Crippen LogP contribution in [0.25, 0.3) is 11.3 Å². The van der Waals surface area contributed by atoms with Gasteiger partial charge in [-0.05, 0) is 51.7 Å². The first-order valence-electron chi connectivity index (χ1n) is 12.5. The molecule has 1 aromatic heterocycles. The predicted octanol–water partition coefficient (Wildman–Crippen LogP) is 3.55. The summed E-state index contributed by atoms with van der Waals surface area (Å²) in [5, 5.41) is 3.41. The van der Waals surface area contributed by atoms with Crippen molar-refractivity contribution < 1.29 is 35.9 Å². The summed E-state index contributed by atoms with van der Waals surface area (Å²) in [6.07, 6.45) is -3.30. The molecule has 0 radical (unpaired) electrons. The van der Waals surface area contributed by atoms with Crippen LogP contribution in [-0.2, 0) is 21.2 Å². The third-order valence-electron chi connectivity index (χ3n) is 7.63. The number of ether oxygens (including phenoxy) is 1. The van der Waals surface area contributed by atoms with Crippen LogP contribution in [0, 0.1) is 5.41 Å². The maximum Gasteiger partial charge on any atom is 0.408 e. The van der Waals surface area contributed by atoms with E-state index in [1.165, 1.54) is 30.0 Å². The number of carbonyl (C=O) groups excluding carboxylic acids is 2. The number of amides is 2. The Bertz CT molecular complexity index is 1390. The van der Waals surface area contributed by atoms with Gasteiger partial charge in [-0.2, -0.15) is 18.3 Å². The Morgan fingerprint density at radius 3 is 2.33 bits per heavy atom. The maximum absolute atomic E-state index is 14.1. The molecule has 10 nitrogen and oxygen atoms in total. The van der Waals surface area contributed by atoms with E-state index in [4.69, 9.17) is 27.8 Å². The average Bonchev–Trinajstić information content (AvgIpc) is 3.21. The fraction of sp³-hybridized carbons (Fsp3) is 0.560. The fourth-order valence-corrected chi connectivity index (χ4v) is 6.57. The molecule has 0 saturated heterocycles. The second kappa shape index (κ2) is 11.5. The van der Waals surface area contributed by atoms with Crippen molar-refractivity contribution in [2.75, 3.05) is 24.8 Å². The number of hydrogen-bond acceptors (Lipinski definition) is 7. The van der Waals surface area contributed by atoms with E-state index in [9.17, 15) is 31.2 Å². The van der Waals surface area contributed by atoms with Crippen LogP contribution in [0.1, 0.15) is 50.0 Å². The van der Waals surface area contributed by atoms with Gasteiger partial charge in [0, 0.05) is 36.7 Å². The number of hydrogen-bond donors (Lipinski definition) is 2. The Morgan fingerprint density at radius 1 is 1.27 bits per heavy atom. The largest absolute Gasteiger partial charge is 0.496 e. The van der Waals surface area contributed by atoms with Crippen LogP contribution in [0.15, 0.2) is 18.2 Å². The van der Waals surface area contributed by atoms with E-state index in [1.807, 2.05) is 0 Å². The maximum atomic E-state index is 14.1. The summed E-state index contributed by atoms with van der Waals surface area (Å²) in [6.45, 7) is 2.65.